The third-order valence-corrected chi connectivity index (χ3v) is 2.99. The maximum absolute atomic E-state index is 11.3. The fraction of sp³-hybridized carbons (Fsp3) is 0.176. The van der Waals surface area contributed by atoms with Gasteiger partial charge in [-0.25, -0.2) is 0 Å². The smallest absolute Gasteiger partial charge is 0.326 e. The lowest BCUT2D eigenvalue weighted by Crippen LogP contribution is -2.10. The van der Waals surface area contributed by atoms with Crippen LogP contribution in [0.1, 0.15) is 18.1 Å². The van der Waals surface area contributed by atoms with E-state index in [1.54, 1.807) is 18.5 Å². The van der Waals surface area contributed by atoms with Crippen molar-refractivity contribution in [1.82, 2.24) is 4.98 Å². The third-order valence-electron chi connectivity index (χ3n) is 2.77. The van der Waals surface area contributed by atoms with Gasteiger partial charge in [-0.2, -0.15) is 0 Å². The molecule has 0 amide bonds. The Kier molecular flexibility index (Phi) is 5.98. The molecule has 114 valence electrons. The third kappa shape index (κ3) is 4.60. The van der Waals surface area contributed by atoms with Gasteiger partial charge in [0.05, 0.1) is 6.61 Å². The van der Waals surface area contributed by atoms with E-state index >= 15 is 0 Å². The summed E-state index contributed by atoms with van der Waals surface area (Å²) in [6.07, 6.45) is 7.39. The van der Waals surface area contributed by atoms with Crippen LogP contribution in [-0.4, -0.2) is 23.4 Å². The van der Waals surface area contributed by atoms with Crippen LogP contribution in [-0.2, 0) is 4.79 Å². The minimum absolute atomic E-state index is 0.199. The summed E-state index contributed by atoms with van der Waals surface area (Å²) in [5.41, 5.74) is 1.98. The molecule has 1 heterocycles. The van der Waals surface area contributed by atoms with Gasteiger partial charge in [0.15, 0.2) is 11.5 Å². The monoisotopic (exact) mass is 317 g/mol. The molecule has 0 fully saturated rings. The Bertz CT molecular complexity index is 656. The Morgan fingerprint density at radius 2 is 1.86 bits per heavy atom. The Balaban J connectivity index is 2.21. The average molecular weight is 318 g/mol. The lowest BCUT2D eigenvalue weighted by Gasteiger charge is -2.10. The summed E-state index contributed by atoms with van der Waals surface area (Å²) in [4.78, 5) is 15.3. The molecule has 0 aliphatic heterocycles. The van der Waals surface area contributed by atoms with Crippen LogP contribution in [0.5, 0.6) is 11.5 Å². The molecule has 22 heavy (non-hydrogen) atoms. The molecule has 0 bridgehead atoms. The van der Waals surface area contributed by atoms with Crippen LogP contribution in [0.2, 0.25) is 0 Å². The zero-order valence-electron chi connectivity index (χ0n) is 12.2. The van der Waals surface area contributed by atoms with E-state index < -0.39 is 5.97 Å². The molecular weight excluding hydrogens is 302 g/mol. The number of carbonyl (C=O) groups excluding carboxylic acids is 1. The molecule has 0 aliphatic rings. The first-order chi connectivity index (χ1) is 10.7. The predicted molar refractivity (Wildman–Crippen MR) is 87.1 cm³/mol. The Morgan fingerprint density at radius 3 is 2.55 bits per heavy atom. The number of halogens is 1. The van der Waals surface area contributed by atoms with E-state index in [-0.39, 0.29) is 5.88 Å². The normalized spacial score (nSPS) is 10.6. The number of pyridine rings is 1. The van der Waals surface area contributed by atoms with Crippen molar-refractivity contribution >= 4 is 29.7 Å². The summed E-state index contributed by atoms with van der Waals surface area (Å²) in [5.74, 6) is 0.170. The molecular formula is C17H16ClNO3. The maximum Gasteiger partial charge on any atom is 0.326 e. The average Bonchev–Trinajstić information content (AvgIpc) is 2.56. The van der Waals surface area contributed by atoms with Gasteiger partial charge in [0.1, 0.15) is 5.88 Å². The largest absolute Gasteiger partial charge is 0.490 e. The number of benzene rings is 1. The van der Waals surface area contributed by atoms with Gasteiger partial charge in [-0.05, 0) is 42.3 Å². The number of esters is 1. The van der Waals surface area contributed by atoms with Crippen LogP contribution in [0.3, 0.4) is 0 Å². The summed E-state index contributed by atoms with van der Waals surface area (Å²) in [6, 6.07) is 9.18. The van der Waals surface area contributed by atoms with Crippen molar-refractivity contribution in [1.29, 1.82) is 0 Å². The Morgan fingerprint density at radius 1 is 1.14 bits per heavy atom. The second-order valence-corrected chi connectivity index (χ2v) is 4.63. The van der Waals surface area contributed by atoms with Crippen LogP contribution < -0.4 is 9.47 Å². The van der Waals surface area contributed by atoms with Crippen molar-refractivity contribution in [2.75, 3.05) is 12.5 Å². The molecule has 0 radical (unpaired) electrons. The first-order valence-corrected chi connectivity index (χ1v) is 7.38. The first kappa shape index (κ1) is 16.0. The molecule has 0 aliphatic carbocycles. The van der Waals surface area contributed by atoms with Gasteiger partial charge < -0.3 is 9.47 Å². The van der Waals surface area contributed by atoms with Gasteiger partial charge in [-0.3, -0.25) is 9.78 Å². The second kappa shape index (κ2) is 8.20. The second-order valence-electron chi connectivity index (χ2n) is 4.36. The van der Waals surface area contributed by atoms with Crippen LogP contribution >= 0.6 is 11.6 Å². The zero-order valence-corrected chi connectivity index (χ0v) is 12.9. The number of hydrogen-bond donors (Lipinski definition) is 0. The molecule has 5 heteroatoms. The van der Waals surface area contributed by atoms with Gasteiger partial charge >= 0.3 is 5.97 Å². The lowest BCUT2D eigenvalue weighted by molar-refractivity contribution is -0.131. The van der Waals surface area contributed by atoms with Crippen LogP contribution in [0.4, 0.5) is 0 Å². The van der Waals surface area contributed by atoms with E-state index in [0.717, 1.165) is 11.1 Å². The van der Waals surface area contributed by atoms with Crippen LogP contribution in [0.25, 0.3) is 12.2 Å². The molecule has 1 aromatic carbocycles. The maximum atomic E-state index is 11.3. The predicted octanol–water partition coefficient (Wildman–Crippen LogP) is 3.79. The zero-order chi connectivity index (χ0) is 15.8. The number of ether oxygens (including phenoxy) is 2. The molecule has 1 aromatic heterocycles. The van der Waals surface area contributed by atoms with Crippen molar-refractivity contribution in [2.45, 2.75) is 6.92 Å². The van der Waals surface area contributed by atoms with Crippen molar-refractivity contribution < 1.29 is 14.3 Å². The number of aromatic nitrogens is 1. The van der Waals surface area contributed by atoms with Gasteiger partial charge in [-0.1, -0.05) is 18.2 Å². The fourth-order valence-electron chi connectivity index (χ4n) is 1.80. The number of hydrogen-bond acceptors (Lipinski definition) is 4. The SMILES string of the molecule is CCOc1cc(/C=C/c2ccncc2)ccc1OC(=O)CCl. The van der Waals surface area contributed by atoms with E-state index in [1.165, 1.54) is 0 Å². The molecule has 0 unspecified atom stereocenters. The molecule has 0 saturated carbocycles. The quantitative estimate of drug-likeness (QED) is 0.462. The van der Waals surface area contributed by atoms with E-state index in [1.807, 2.05) is 43.3 Å². The summed E-state index contributed by atoms with van der Waals surface area (Å²) in [5, 5.41) is 0. The number of nitrogens with zero attached hydrogens (tertiary/aromatic N) is 1. The number of alkyl halides is 1. The summed E-state index contributed by atoms with van der Waals surface area (Å²) >= 11 is 5.45. The van der Waals surface area contributed by atoms with Crippen molar-refractivity contribution in [3.63, 3.8) is 0 Å². The number of rotatable bonds is 6. The lowest BCUT2D eigenvalue weighted by atomic mass is 10.1. The first-order valence-electron chi connectivity index (χ1n) is 6.84. The summed E-state index contributed by atoms with van der Waals surface area (Å²) < 4.78 is 10.6. The summed E-state index contributed by atoms with van der Waals surface area (Å²) in [6.45, 7) is 2.34. The van der Waals surface area contributed by atoms with Gasteiger partial charge in [0.25, 0.3) is 0 Å². The topological polar surface area (TPSA) is 48.4 Å². The standard InChI is InChI=1S/C17H16ClNO3/c1-2-21-16-11-14(4-3-13-7-9-19-10-8-13)5-6-15(16)22-17(20)12-18/h3-11H,2,12H2,1H3/b4-3+. The van der Waals surface area contributed by atoms with E-state index in [0.29, 0.717) is 18.1 Å². The highest BCUT2D eigenvalue weighted by Gasteiger charge is 2.09. The molecule has 2 rings (SSSR count). The molecule has 2 aromatic rings. The molecule has 0 saturated heterocycles. The highest BCUT2D eigenvalue weighted by atomic mass is 35.5. The highest BCUT2D eigenvalue weighted by Crippen LogP contribution is 2.29. The van der Waals surface area contributed by atoms with Crippen molar-refractivity contribution in [3.05, 3.63) is 53.9 Å². The van der Waals surface area contributed by atoms with Crippen LogP contribution in [0, 0.1) is 0 Å². The Labute approximate surface area is 134 Å². The van der Waals surface area contributed by atoms with Gasteiger partial charge in [0.2, 0.25) is 0 Å². The Hall–Kier alpha value is -2.33. The van der Waals surface area contributed by atoms with E-state index in [4.69, 9.17) is 21.1 Å². The van der Waals surface area contributed by atoms with E-state index in [2.05, 4.69) is 4.98 Å². The van der Waals surface area contributed by atoms with E-state index in [9.17, 15) is 4.79 Å². The molecule has 0 N–H and O–H groups in total. The van der Waals surface area contributed by atoms with Crippen molar-refractivity contribution in [2.24, 2.45) is 0 Å². The fourth-order valence-corrected chi connectivity index (χ4v) is 1.85. The van der Waals surface area contributed by atoms with Gasteiger partial charge in [-0.15, -0.1) is 11.6 Å². The molecule has 4 nitrogen and oxygen atoms in total. The summed E-state index contributed by atoms with van der Waals surface area (Å²) in [7, 11) is 0. The van der Waals surface area contributed by atoms with Gasteiger partial charge in [0, 0.05) is 12.4 Å². The van der Waals surface area contributed by atoms with Crippen LogP contribution in [0.15, 0.2) is 42.7 Å². The molecule has 0 atom stereocenters. The number of carbonyl (C=O) groups is 1. The highest BCUT2D eigenvalue weighted by molar-refractivity contribution is 6.26. The minimum Gasteiger partial charge on any atom is -0.490 e. The minimum atomic E-state index is -0.511. The molecule has 0 spiro atoms. The van der Waals surface area contributed by atoms with Crippen molar-refractivity contribution in [3.8, 4) is 11.5 Å².